The second-order valence-corrected chi connectivity index (χ2v) is 5.92. The van der Waals surface area contributed by atoms with Crippen LogP contribution >= 0.6 is 0 Å². The SMILES string of the molecule is CCCCOC1CCC(c2ccc(C)c(F)c2C(F)(F)F)CO1. The number of unbranched alkanes of at least 4 members (excludes halogenated alkanes) is 1. The Morgan fingerprint density at radius 2 is 2.00 bits per heavy atom. The molecule has 2 atom stereocenters. The zero-order valence-corrected chi connectivity index (χ0v) is 13.4. The van der Waals surface area contributed by atoms with Gasteiger partial charge in [0.1, 0.15) is 5.82 Å². The van der Waals surface area contributed by atoms with E-state index in [2.05, 4.69) is 0 Å². The van der Waals surface area contributed by atoms with Gasteiger partial charge in [0.25, 0.3) is 0 Å². The molecule has 1 aromatic rings. The molecule has 2 unspecified atom stereocenters. The van der Waals surface area contributed by atoms with Crippen LogP contribution in [-0.4, -0.2) is 19.5 Å². The number of benzene rings is 1. The molecule has 2 rings (SSSR count). The van der Waals surface area contributed by atoms with Crippen LogP contribution in [0.15, 0.2) is 12.1 Å². The number of ether oxygens (including phenoxy) is 2. The molecule has 0 aromatic heterocycles. The van der Waals surface area contributed by atoms with Crippen molar-refractivity contribution in [1.82, 2.24) is 0 Å². The maximum atomic E-state index is 14.0. The smallest absolute Gasteiger partial charge is 0.353 e. The van der Waals surface area contributed by atoms with E-state index in [1.165, 1.54) is 19.1 Å². The van der Waals surface area contributed by atoms with Gasteiger partial charge in [-0.2, -0.15) is 13.2 Å². The van der Waals surface area contributed by atoms with E-state index < -0.39 is 23.5 Å². The predicted molar refractivity (Wildman–Crippen MR) is 78.7 cm³/mol. The van der Waals surface area contributed by atoms with Gasteiger partial charge < -0.3 is 9.47 Å². The zero-order valence-electron chi connectivity index (χ0n) is 13.4. The molecule has 0 bridgehead atoms. The molecule has 1 saturated heterocycles. The van der Waals surface area contributed by atoms with Crippen LogP contribution in [0.3, 0.4) is 0 Å². The van der Waals surface area contributed by atoms with Gasteiger partial charge in [0.05, 0.1) is 12.2 Å². The van der Waals surface area contributed by atoms with Crippen molar-refractivity contribution in [3.63, 3.8) is 0 Å². The van der Waals surface area contributed by atoms with Crippen LogP contribution in [-0.2, 0) is 15.7 Å². The molecule has 0 N–H and O–H groups in total. The third kappa shape index (κ3) is 4.44. The molecular formula is C17H22F4O2. The molecule has 2 nitrogen and oxygen atoms in total. The first-order valence-corrected chi connectivity index (χ1v) is 7.94. The minimum absolute atomic E-state index is 0.00132. The highest BCUT2D eigenvalue weighted by Gasteiger charge is 2.40. The Balaban J connectivity index is 2.11. The van der Waals surface area contributed by atoms with Gasteiger partial charge in [-0.15, -0.1) is 0 Å². The Kier molecular flexibility index (Phi) is 6.03. The van der Waals surface area contributed by atoms with Gasteiger partial charge in [0, 0.05) is 12.5 Å². The molecule has 1 aliphatic heterocycles. The summed E-state index contributed by atoms with van der Waals surface area (Å²) >= 11 is 0. The fourth-order valence-electron chi connectivity index (χ4n) is 2.79. The molecule has 130 valence electrons. The number of aryl methyl sites for hydroxylation is 1. The van der Waals surface area contributed by atoms with E-state index in [4.69, 9.17) is 9.47 Å². The topological polar surface area (TPSA) is 18.5 Å². The van der Waals surface area contributed by atoms with E-state index >= 15 is 0 Å². The summed E-state index contributed by atoms with van der Waals surface area (Å²) in [5, 5.41) is 0. The van der Waals surface area contributed by atoms with Crippen molar-refractivity contribution in [3.8, 4) is 0 Å². The highest BCUT2D eigenvalue weighted by Crippen LogP contribution is 2.40. The highest BCUT2D eigenvalue weighted by molar-refractivity contribution is 5.38. The fourth-order valence-corrected chi connectivity index (χ4v) is 2.79. The summed E-state index contributed by atoms with van der Waals surface area (Å²) in [6.07, 6.45) is -2.15. The van der Waals surface area contributed by atoms with Gasteiger partial charge in [-0.3, -0.25) is 0 Å². The van der Waals surface area contributed by atoms with E-state index in [9.17, 15) is 17.6 Å². The molecule has 23 heavy (non-hydrogen) atoms. The van der Waals surface area contributed by atoms with Crippen molar-refractivity contribution in [2.75, 3.05) is 13.2 Å². The largest absolute Gasteiger partial charge is 0.419 e. The summed E-state index contributed by atoms with van der Waals surface area (Å²) in [5.41, 5.74) is -1.18. The summed E-state index contributed by atoms with van der Waals surface area (Å²) in [6, 6.07) is 2.76. The van der Waals surface area contributed by atoms with Crippen LogP contribution in [0.4, 0.5) is 17.6 Å². The maximum absolute atomic E-state index is 14.0. The lowest BCUT2D eigenvalue weighted by molar-refractivity contribution is -0.169. The van der Waals surface area contributed by atoms with E-state index in [0.717, 1.165) is 12.8 Å². The second-order valence-electron chi connectivity index (χ2n) is 5.92. The molecule has 1 aliphatic rings. The van der Waals surface area contributed by atoms with Crippen LogP contribution in [0.5, 0.6) is 0 Å². The standard InChI is InChI=1S/C17H22F4O2/c1-3-4-9-22-14-8-6-12(10-23-14)13-7-5-11(2)16(18)15(13)17(19,20)21/h5,7,12,14H,3-4,6,8-10H2,1-2H3. The zero-order chi connectivity index (χ0) is 17.0. The molecule has 0 aliphatic carbocycles. The minimum atomic E-state index is -4.71. The summed E-state index contributed by atoms with van der Waals surface area (Å²) in [5.74, 6) is -1.65. The molecule has 1 fully saturated rings. The average molecular weight is 334 g/mol. The maximum Gasteiger partial charge on any atom is 0.419 e. The first-order chi connectivity index (χ1) is 10.8. The van der Waals surface area contributed by atoms with Crippen LogP contribution in [0, 0.1) is 12.7 Å². The quantitative estimate of drug-likeness (QED) is 0.545. The third-order valence-electron chi connectivity index (χ3n) is 4.13. The number of hydrogen-bond donors (Lipinski definition) is 0. The Hall–Kier alpha value is -1.14. The van der Waals surface area contributed by atoms with Gasteiger partial charge >= 0.3 is 6.18 Å². The van der Waals surface area contributed by atoms with E-state index in [-0.39, 0.29) is 24.0 Å². The van der Waals surface area contributed by atoms with Crippen LogP contribution in [0.1, 0.15) is 55.2 Å². The lowest BCUT2D eigenvalue weighted by Gasteiger charge is -2.31. The molecule has 6 heteroatoms. The summed E-state index contributed by atoms with van der Waals surface area (Å²) in [6.45, 7) is 4.08. The lowest BCUT2D eigenvalue weighted by atomic mass is 9.88. The Morgan fingerprint density at radius 1 is 1.26 bits per heavy atom. The summed E-state index contributed by atoms with van der Waals surface area (Å²) in [7, 11) is 0. The number of rotatable bonds is 5. The van der Waals surface area contributed by atoms with Crippen molar-refractivity contribution in [3.05, 3.63) is 34.6 Å². The van der Waals surface area contributed by atoms with E-state index in [0.29, 0.717) is 19.4 Å². The van der Waals surface area contributed by atoms with E-state index in [1.807, 2.05) is 6.92 Å². The molecule has 1 aromatic carbocycles. The number of halogens is 4. The normalized spacial score (nSPS) is 22.3. The number of hydrogen-bond acceptors (Lipinski definition) is 2. The third-order valence-corrected chi connectivity index (χ3v) is 4.13. The monoisotopic (exact) mass is 334 g/mol. The fraction of sp³-hybridized carbons (Fsp3) is 0.647. The van der Waals surface area contributed by atoms with Gasteiger partial charge in [0.15, 0.2) is 6.29 Å². The minimum Gasteiger partial charge on any atom is -0.353 e. The Bertz CT molecular complexity index is 520. The van der Waals surface area contributed by atoms with Crippen LogP contribution in [0.25, 0.3) is 0 Å². The van der Waals surface area contributed by atoms with Gasteiger partial charge in [0.2, 0.25) is 0 Å². The molecule has 1 heterocycles. The first kappa shape index (κ1) is 18.2. The molecule has 0 amide bonds. The lowest BCUT2D eigenvalue weighted by Crippen LogP contribution is -2.29. The second kappa shape index (κ2) is 7.62. The van der Waals surface area contributed by atoms with Crippen LogP contribution < -0.4 is 0 Å². The van der Waals surface area contributed by atoms with Crippen molar-refractivity contribution in [2.45, 2.75) is 57.9 Å². The van der Waals surface area contributed by atoms with Gasteiger partial charge in [-0.1, -0.05) is 25.5 Å². The van der Waals surface area contributed by atoms with Crippen LogP contribution in [0.2, 0.25) is 0 Å². The highest BCUT2D eigenvalue weighted by atomic mass is 19.4. The molecule has 0 saturated carbocycles. The van der Waals surface area contributed by atoms with Crippen molar-refractivity contribution < 1.29 is 27.0 Å². The summed E-state index contributed by atoms with van der Waals surface area (Å²) < 4.78 is 64.7. The van der Waals surface area contributed by atoms with Crippen molar-refractivity contribution in [1.29, 1.82) is 0 Å². The Labute approximate surface area is 133 Å². The Morgan fingerprint density at radius 3 is 2.57 bits per heavy atom. The van der Waals surface area contributed by atoms with Crippen molar-refractivity contribution >= 4 is 0 Å². The average Bonchev–Trinajstić information content (AvgIpc) is 2.49. The van der Waals surface area contributed by atoms with Gasteiger partial charge in [-0.05, 0) is 37.3 Å². The van der Waals surface area contributed by atoms with E-state index in [1.54, 1.807) is 0 Å². The molecular weight excluding hydrogens is 312 g/mol. The first-order valence-electron chi connectivity index (χ1n) is 7.94. The number of alkyl halides is 3. The predicted octanol–water partition coefficient (Wildman–Crippen LogP) is 5.19. The molecule has 0 spiro atoms. The summed E-state index contributed by atoms with van der Waals surface area (Å²) in [4.78, 5) is 0. The molecule has 0 radical (unpaired) electrons. The van der Waals surface area contributed by atoms with Crippen molar-refractivity contribution in [2.24, 2.45) is 0 Å². The van der Waals surface area contributed by atoms with Gasteiger partial charge in [-0.25, -0.2) is 4.39 Å².